The second-order valence-electron chi connectivity index (χ2n) is 8.01. The Bertz CT molecular complexity index is 1420. The number of carbonyl (C=O) groups is 3. The summed E-state index contributed by atoms with van der Waals surface area (Å²) in [7, 11) is 0. The summed E-state index contributed by atoms with van der Waals surface area (Å²) in [4.78, 5) is 48.2. The maximum atomic E-state index is 13.2. The molecule has 0 saturated heterocycles. The van der Waals surface area contributed by atoms with Gasteiger partial charge >= 0.3 is 0 Å². The molecule has 0 atom stereocenters. The van der Waals surface area contributed by atoms with Crippen molar-refractivity contribution >= 4 is 17.7 Å². The van der Waals surface area contributed by atoms with Crippen LogP contribution in [-0.4, -0.2) is 49.0 Å². The van der Waals surface area contributed by atoms with E-state index in [1.54, 1.807) is 54.7 Å². The summed E-state index contributed by atoms with van der Waals surface area (Å²) >= 11 is 0. The molecule has 36 heavy (non-hydrogen) atoms. The number of fused-ring (bicyclic) bond motifs is 1. The number of amides is 3. The molecule has 180 valence electrons. The van der Waals surface area contributed by atoms with Gasteiger partial charge in [0.25, 0.3) is 17.7 Å². The Labute approximate surface area is 206 Å². The number of pyridine rings is 1. The molecule has 0 unspecified atom stereocenters. The third-order valence-electron chi connectivity index (χ3n) is 5.75. The van der Waals surface area contributed by atoms with Crippen molar-refractivity contribution in [2.45, 2.75) is 20.0 Å². The molecule has 0 saturated carbocycles. The zero-order valence-electron chi connectivity index (χ0n) is 19.4. The van der Waals surface area contributed by atoms with Crippen LogP contribution >= 0.6 is 0 Å². The van der Waals surface area contributed by atoms with Gasteiger partial charge in [-0.05, 0) is 42.8 Å². The van der Waals surface area contributed by atoms with E-state index in [1.165, 1.54) is 22.2 Å². The molecule has 0 bridgehead atoms. The molecule has 10 nitrogen and oxygen atoms in total. The van der Waals surface area contributed by atoms with Crippen LogP contribution in [0.4, 0.5) is 0 Å². The Kier molecular flexibility index (Phi) is 6.23. The first-order valence-electron chi connectivity index (χ1n) is 11.3. The molecule has 2 aromatic carbocycles. The lowest BCUT2D eigenvalue weighted by molar-refractivity contribution is 0.0642. The Morgan fingerprint density at radius 2 is 1.81 bits per heavy atom. The van der Waals surface area contributed by atoms with Crippen molar-refractivity contribution in [3.63, 3.8) is 0 Å². The lowest BCUT2D eigenvalue weighted by Crippen LogP contribution is -2.29. The first kappa shape index (κ1) is 22.9. The normalized spacial score (nSPS) is 12.5. The van der Waals surface area contributed by atoms with E-state index in [-0.39, 0.29) is 30.8 Å². The van der Waals surface area contributed by atoms with Crippen molar-refractivity contribution < 1.29 is 19.1 Å². The molecule has 0 aliphatic carbocycles. The highest BCUT2D eigenvalue weighted by atomic mass is 16.5. The second-order valence-corrected chi connectivity index (χ2v) is 8.01. The molecule has 0 radical (unpaired) electrons. The Morgan fingerprint density at radius 1 is 1.03 bits per heavy atom. The second kappa shape index (κ2) is 9.79. The maximum Gasteiger partial charge on any atom is 0.261 e. The fourth-order valence-electron chi connectivity index (χ4n) is 4.06. The van der Waals surface area contributed by atoms with Crippen molar-refractivity contribution in [1.29, 1.82) is 0 Å². The first-order chi connectivity index (χ1) is 17.6. The number of nitrogens with one attached hydrogen (secondary N) is 1. The lowest BCUT2D eigenvalue weighted by atomic mass is 10.1. The van der Waals surface area contributed by atoms with Crippen LogP contribution < -0.4 is 10.1 Å². The summed E-state index contributed by atoms with van der Waals surface area (Å²) < 4.78 is 7.19. The Hall–Kier alpha value is -4.86. The number of aromatic nitrogens is 4. The third-order valence-corrected chi connectivity index (χ3v) is 5.75. The molecule has 3 heterocycles. The molecule has 10 heteroatoms. The quantitative estimate of drug-likeness (QED) is 0.384. The van der Waals surface area contributed by atoms with E-state index in [0.29, 0.717) is 40.4 Å². The summed E-state index contributed by atoms with van der Waals surface area (Å²) in [5.74, 6) is -0.111. The number of carbonyl (C=O) groups excluding carboxylic acids is 3. The van der Waals surface area contributed by atoms with E-state index >= 15 is 0 Å². The van der Waals surface area contributed by atoms with Crippen molar-refractivity contribution in [1.82, 2.24) is 30.0 Å². The van der Waals surface area contributed by atoms with E-state index in [2.05, 4.69) is 20.4 Å². The highest BCUT2D eigenvalue weighted by molar-refractivity contribution is 6.21. The van der Waals surface area contributed by atoms with Gasteiger partial charge in [-0.1, -0.05) is 24.3 Å². The summed E-state index contributed by atoms with van der Waals surface area (Å²) in [6.45, 7) is 2.43. The highest BCUT2D eigenvalue weighted by Crippen LogP contribution is 2.26. The molecule has 1 aliphatic heterocycles. The molecule has 1 aliphatic rings. The highest BCUT2D eigenvalue weighted by Gasteiger charge is 2.35. The lowest BCUT2D eigenvalue weighted by Gasteiger charge is -2.17. The number of hydrogen-bond acceptors (Lipinski definition) is 7. The van der Waals surface area contributed by atoms with Crippen LogP contribution in [0.25, 0.3) is 5.82 Å². The molecule has 3 amide bonds. The van der Waals surface area contributed by atoms with E-state index in [4.69, 9.17) is 4.74 Å². The van der Waals surface area contributed by atoms with E-state index in [0.717, 1.165) is 5.56 Å². The van der Waals surface area contributed by atoms with Crippen LogP contribution in [0.1, 0.15) is 49.1 Å². The molecule has 1 N–H and O–H groups in total. The fourth-order valence-corrected chi connectivity index (χ4v) is 4.06. The van der Waals surface area contributed by atoms with E-state index in [1.807, 2.05) is 13.0 Å². The van der Waals surface area contributed by atoms with Gasteiger partial charge in [-0.15, -0.1) is 0 Å². The molecule has 2 aromatic heterocycles. The largest absolute Gasteiger partial charge is 0.493 e. The van der Waals surface area contributed by atoms with Crippen LogP contribution in [-0.2, 0) is 13.1 Å². The van der Waals surface area contributed by atoms with E-state index in [9.17, 15) is 14.4 Å². The zero-order chi connectivity index (χ0) is 25.1. The van der Waals surface area contributed by atoms with Gasteiger partial charge in [0.1, 0.15) is 18.4 Å². The number of nitrogens with zero attached hydrogens (tertiary/aromatic N) is 5. The summed E-state index contributed by atoms with van der Waals surface area (Å²) in [6.07, 6.45) is 4.58. The minimum Gasteiger partial charge on any atom is -0.493 e. The number of imide groups is 1. The van der Waals surface area contributed by atoms with Crippen LogP contribution in [0.5, 0.6) is 5.75 Å². The molecular weight excluding hydrogens is 460 g/mol. The maximum absolute atomic E-state index is 13.2. The Balaban J connectivity index is 1.36. The molecular formula is C26H22N6O4. The van der Waals surface area contributed by atoms with Crippen LogP contribution in [0.2, 0.25) is 0 Å². The van der Waals surface area contributed by atoms with Gasteiger partial charge in [-0.25, -0.2) is 14.6 Å². The summed E-state index contributed by atoms with van der Waals surface area (Å²) in [5.41, 5.74) is 2.44. The van der Waals surface area contributed by atoms with Crippen molar-refractivity contribution in [3.05, 3.63) is 101 Å². The third kappa shape index (κ3) is 4.31. The topological polar surface area (TPSA) is 119 Å². The van der Waals surface area contributed by atoms with Crippen molar-refractivity contribution in [2.75, 3.05) is 6.61 Å². The predicted molar refractivity (Wildman–Crippen MR) is 129 cm³/mol. The monoisotopic (exact) mass is 482 g/mol. The van der Waals surface area contributed by atoms with Gasteiger partial charge in [-0.3, -0.25) is 19.3 Å². The van der Waals surface area contributed by atoms with E-state index < -0.39 is 0 Å². The minimum atomic E-state index is -0.365. The average Bonchev–Trinajstić information content (AvgIpc) is 3.52. The molecule has 0 spiro atoms. The number of hydrogen-bond donors (Lipinski definition) is 1. The Morgan fingerprint density at radius 3 is 2.50 bits per heavy atom. The zero-order valence-corrected chi connectivity index (χ0v) is 19.4. The number of rotatable bonds is 8. The van der Waals surface area contributed by atoms with Crippen molar-refractivity contribution in [2.24, 2.45) is 0 Å². The van der Waals surface area contributed by atoms with Gasteiger partial charge < -0.3 is 10.1 Å². The van der Waals surface area contributed by atoms with Gasteiger partial charge in [-0.2, -0.15) is 5.10 Å². The molecule has 4 aromatic rings. The van der Waals surface area contributed by atoms with Gasteiger partial charge in [0.05, 0.1) is 29.8 Å². The van der Waals surface area contributed by atoms with Gasteiger partial charge in [0.15, 0.2) is 5.82 Å². The van der Waals surface area contributed by atoms with Crippen LogP contribution in [0.15, 0.2) is 73.4 Å². The molecule has 0 fully saturated rings. The molecule has 5 rings (SSSR count). The minimum absolute atomic E-state index is 0.0398. The van der Waals surface area contributed by atoms with Crippen LogP contribution in [0, 0.1) is 0 Å². The van der Waals surface area contributed by atoms with Crippen LogP contribution in [0.3, 0.4) is 0 Å². The summed E-state index contributed by atoms with van der Waals surface area (Å²) in [5, 5.41) is 7.01. The smallest absolute Gasteiger partial charge is 0.261 e. The number of ether oxygens (including phenoxy) is 1. The summed E-state index contributed by atoms with van der Waals surface area (Å²) in [6, 6.07) is 15.4. The standard InChI is InChI=1S/C26H22N6O4/c1-2-36-22-10-9-17(14-31-25(34)19-7-3-4-8-20(19)26(31)35)12-21(22)24(33)29-13-18-6-5-11-28-23(18)32-16-27-15-30-32/h3-12,15-16H,2,13-14H2,1H3,(H,29,33). The van der Waals surface area contributed by atoms with Gasteiger partial charge in [0, 0.05) is 18.3 Å². The fraction of sp³-hybridized carbons (Fsp3) is 0.154. The predicted octanol–water partition coefficient (Wildman–Crippen LogP) is 2.79. The van der Waals surface area contributed by atoms with Crippen molar-refractivity contribution in [3.8, 4) is 11.6 Å². The number of benzene rings is 2. The van der Waals surface area contributed by atoms with Gasteiger partial charge in [0.2, 0.25) is 0 Å². The first-order valence-corrected chi connectivity index (χ1v) is 11.3. The average molecular weight is 483 g/mol. The SMILES string of the molecule is CCOc1ccc(CN2C(=O)c3ccccc3C2=O)cc1C(=O)NCc1cccnc1-n1cncn1.